The van der Waals surface area contributed by atoms with E-state index < -0.39 is 12.3 Å². The van der Waals surface area contributed by atoms with Gasteiger partial charge in [0, 0.05) is 22.7 Å². The minimum absolute atomic E-state index is 0.0771. The number of hydrogen-bond donors (Lipinski definition) is 0. The summed E-state index contributed by atoms with van der Waals surface area (Å²) >= 11 is 10.6. The maximum Gasteiger partial charge on any atom is 0.573 e. The molecule has 1 amide bonds. The highest BCUT2D eigenvalue weighted by Gasteiger charge is 2.31. The second-order valence-electron chi connectivity index (χ2n) is 6.75. The Morgan fingerprint density at radius 2 is 2.16 bits per heavy atom. The van der Waals surface area contributed by atoms with E-state index in [-0.39, 0.29) is 17.4 Å². The van der Waals surface area contributed by atoms with Crippen molar-refractivity contribution in [2.45, 2.75) is 19.2 Å². The number of amides is 1. The van der Waals surface area contributed by atoms with Crippen molar-refractivity contribution < 1.29 is 22.7 Å². The van der Waals surface area contributed by atoms with E-state index in [0.29, 0.717) is 33.3 Å². The number of pyridine rings is 1. The number of halogens is 5. The lowest BCUT2D eigenvalue weighted by Gasteiger charge is -2.16. The van der Waals surface area contributed by atoms with Gasteiger partial charge < -0.3 is 9.64 Å². The number of rotatable bonds is 6. The Balaban J connectivity index is 1.91. The van der Waals surface area contributed by atoms with Crippen molar-refractivity contribution in [2.75, 3.05) is 18.2 Å². The lowest BCUT2D eigenvalue weighted by atomic mass is 9.99. The highest BCUT2D eigenvalue weighted by atomic mass is 79.9. The van der Waals surface area contributed by atoms with Gasteiger partial charge in [0.2, 0.25) is 0 Å². The fourth-order valence-electron chi connectivity index (χ4n) is 2.80. The maximum absolute atomic E-state index is 13.0. The zero-order chi connectivity index (χ0) is 23.3. The number of benzene rings is 1. The molecule has 0 aliphatic carbocycles. The fourth-order valence-corrected chi connectivity index (χ4v) is 4.34. The average molecular weight is 550 g/mol. The summed E-state index contributed by atoms with van der Waals surface area (Å²) in [5.74, 6) is 0.216. The van der Waals surface area contributed by atoms with Gasteiger partial charge in [-0.1, -0.05) is 34.5 Å². The first-order valence-corrected chi connectivity index (χ1v) is 11.6. The topological polar surface area (TPSA) is 67.2 Å². The molecule has 12 heteroatoms. The summed E-state index contributed by atoms with van der Waals surface area (Å²) in [5, 5.41) is 8.48. The maximum atomic E-state index is 13.0. The molecule has 1 fully saturated rings. The molecule has 1 atom stereocenters. The second kappa shape index (κ2) is 10.7. The van der Waals surface area contributed by atoms with Crippen molar-refractivity contribution in [3.05, 3.63) is 63.5 Å². The predicted octanol–water partition coefficient (Wildman–Crippen LogP) is 6.70. The molecule has 1 aliphatic heterocycles. The van der Waals surface area contributed by atoms with E-state index in [1.165, 1.54) is 18.3 Å². The van der Waals surface area contributed by atoms with E-state index in [0.717, 1.165) is 5.75 Å². The summed E-state index contributed by atoms with van der Waals surface area (Å²) < 4.78 is 42.4. The molecule has 1 saturated heterocycles. The number of aromatic nitrogens is 1. The molecule has 32 heavy (non-hydrogen) atoms. The first kappa shape index (κ1) is 24.5. The SMILES string of the molecule is CC(/C=C(\N=Nc1ccc(Cl)nc1)C(=O)N1CCSC1)c1cc(Br)cc(OC(F)(F)F)c1. The highest BCUT2D eigenvalue weighted by molar-refractivity contribution is 9.10. The van der Waals surface area contributed by atoms with Gasteiger partial charge >= 0.3 is 6.36 Å². The molecular formula is C20H17BrClF3N4O2S. The van der Waals surface area contributed by atoms with Crippen molar-refractivity contribution in [1.82, 2.24) is 9.88 Å². The van der Waals surface area contributed by atoms with Crippen LogP contribution in [0.15, 0.2) is 63.0 Å². The van der Waals surface area contributed by atoms with Crippen LogP contribution < -0.4 is 4.74 Å². The summed E-state index contributed by atoms with van der Waals surface area (Å²) in [6.45, 7) is 2.32. The van der Waals surface area contributed by atoms with Crippen LogP contribution in [0.25, 0.3) is 0 Å². The molecule has 1 unspecified atom stereocenters. The van der Waals surface area contributed by atoms with Crippen LogP contribution in [0.3, 0.4) is 0 Å². The Morgan fingerprint density at radius 1 is 1.38 bits per heavy atom. The van der Waals surface area contributed by atoms with E-state index in [9.17, 15) is 18.0 Å². The van der Waals surface area contributed by atoms with Gasteiger partial charge in [0.25, 0.3) is 5.91 Å². The van der Waals surface area contributed by atoms with E-state index >= 15 is 0 Å². The van der Waals surface area contributed by atoms with Crippen LogP contribution in [0.5, 0.6) is 5.75 Å². The first-order valence-electron chi connectivity index (χ1n) is 9.29. The molecule has 6 nitrogen and oxygen atoms in total. The van der Waals surface area contributed by atoms with Crippen LogP contribution in [0.2, 0.25) is 5.15 Å². The minimum atomic E-state index is -4.81. The average Bonchev–Trinajstić information content (AvgIpc) is 3.24. The molecule has 2 heterocycles. The molecule has 0 saturated carbocycles. The van der Waals surface area contributed by atoms with Gasteiger partial charge in [0.1, 0.15) is 22.3 Å². The molecule has 1 aromatic heterocycles. The molecule has 0 spiro atoms. The molecule has 0 N–H and O–H groups in total. The Hall–Kier alpha value is -2.11. The number of alkyl halides is 3. The molecule has 3 rings (SSSR count). The van der Waals surface area contributed by atoms with Crippen molar-refractivity contribution in [1.29, 1.82) is 0 Å². The largest absolute Gasteiger partial charge is 0.573 e. The standard InChI is InChI=1S/C20H17BrClF3N4O2S/c1-12(13-7-14(21)9-16(8-13)31-20(23,24)25)6-17(19(30)29-4-5-32-11-29)28-27-15-2-3-18(22)26-10-15/h2-3,6-10,12H,4-5,11H2,1H3/b17-6-,28-27?. The number of hydrogen-bond acceptors (Lipinski definition) is 6. The van der Waals surface area contributed by atoms with Crippen molar-refractivity contribution in [3.8, 4) is 5.75 Å². The van der Waals surface area contributed by atoms with Crippen molar-refractivity contribution in [3.63, 3.8) is 0 Å². The fraction of sp³-hybridized carbons (Fsp3) is 0.300. The third-order valence-electron chi connectivity index (χ3n) is 4.30. The van der Waals surface area contributed by atoms with Gasteiger partial charge in [0.05, 0.1) is 12.1 Å². The van der Waals surface area contributed by atoms with Gasteiger partial charge in [-0.05, 0) is 42.0 Å². The normalized spacial score (nSPS) is 15.9. The molecule has 170 valence electrons. The Labute approximate surface area is 200 Å². The van der Waals surface area contributed by atoms with Crippen LogP contribution >= 0.6 is 39.3 Å². The van der Waals surface area contributed by atoms with Gasteiger partial charge in [0.15, 0.2) is 0 Å². The summed E-state index contributed by atoms with van der Waals surface area (Å²) in [4.78, 5) is 18.5. The second-order valence-corrected chi connectivity index (χ2v) is 9.13. The molecule has 1 aliphatic rings. The van der Waals surface area contributed by atoms with Gasteiger partial charge in [-0.3, -0.25) is 4.79 Å². The number of azo groups is 1. The van der Waals surface area contributed by atoms with Gasteiger partial charge in [-0.15, -0.1) is 35.2 Å². The summed E-state index contributed by atoms with van der Waals surface area (Å²) in [6.07, 6.45) is -1.83. The van der Waals surface area contributed by atoms with E-state index in [4.69, 9.17) is 11.6 Å². The lowest BCUT2D eigenvalue weighted by molar-refractivity contribution is -0.274. The van der Waals surface area contributed by atoms with Crippen LogP contribution in [0.4, 0.5) is 18.9 Å². The first-order chi connectivity index (χ1) is 15.1. The Bertz CT molecular complexity index is 1030. The highest BCUT2D eigenvalue weighted by Crippen LogP contribution is 2.31. The lowest BCUT2D eigenvalue weighted by Crippen LogP contribution is -2.28. The third kappa shape index (κ3) is 7.21. The predicted molar refractivity (Wildman–Crippen MR) is 120 cm³/mol. The molecule has 2 aromatic rings. The molecule has 0 bridgehead atoms. The third-order valence-corrected chi connectivity index (χ3v) is 5.95. The molecule has 0 radical (unpaired) electrons. The summed E-state index contributed by atoms with van der Waals surface area (Å²) in [6, 6.07) is 7.29. The number of carbonyl (C=O) groups is 1. The van der Waals surface area contributed by atoms with Crippen LogP contribution in [-0.2, 0) is 4.79 Å². The zero-order valence-electron chi connectivity index (χ0n) is 16.6. The number of nitrogens with zero attached hydrogens (tertiary/aromatic N) is 4. The van der Waals surface area contributed by atoms with Gasteiger partial charge in [-0.2, -0.15) is 0 Å². The van der Waals surface area contributed by atoms with E-state index in [1.54, 1.807) is 47.9 Å². The number of thioether (sulfide) groups is 1. The molecular weight excluding hydrogens is 533 g/mol. The number of allylic oxidation sites excluding steroid dienone is 1. The van der Waals surface area contributed by atoms with E-state index in [2.05, 4.69) is 35.9 Å². The smallest absolute Gasteiger partial charge is 0.406 e. The van der Waals surface area contributed by atoms with Crippen LogP contribution in [0.1, 0.15) is 18.4 Å². The monoisotopic (exact) mass is 548 g/mol. The minimum Gasteiger partial charge on any atom is -0.406 e. The molecule has 1 aromatic carbocycles. The van der Waals surface area contributed by atoms with Crippen molar-refractivity contribution >= 4 is 50.9 Å². The van der Waals surface area contributed by atoms with Crippen LogP contribution in [-0.4, -0.2) is 40.3 Å². The summed E-state index contributed by atoms with van der Waals surface area (Å²) in [7, 11) is 0. The number of carbonyl (C=O) groups excluding carboxylic acids is 1. The summed E-state index contributed by atoms with van der Waals surface area (Å²) in [5.41, 5.74) is 0.983. The quantitative estimate of drug-likeness (QED) is 0.228. The Morgan fingerprint density at radius 3 is 2.78 bits per heavy atom. The number of ether oxygens (including phenoxy) is 1. The van der Waals surface area contributed by atoms with Crippen LogP contribution in [0, 0.1) is 0 Å². The van der Waals surface area contributed by atoms with E-state index in [1.807, 2.05) is 0 Å². The zero-order valence-corrected chi connectivity index (χ0v) is 19.8. The van der Waals surface area contributed by atoms with Gasteiger partial charge in [-0.25, -0.2) is 4.98 Å². The Kier molecular flexibility index (Phi) is 8.18. The van der Waals surface area contributed by atoms with Crippen molar-refractivity contribution in [2.24, 2.45) is 10.2 Å².